The van der Waals surface area contributed by atoms with E-state index in [0.717, 1.165) is 12.8 Å². The zero-order chi connectivity index (χ0) is 12.0. The number of rotatable bonds is 6. The Bertz CT molecular complexity index is 321. The van der Waals surface area contributed by atoms with Gasteiger partial charge in [0.1, 0.15) is 0 Å². The fraction of sp³-hybridized carbons (Fsp3) is 0.889. The van der Waals surface area contributed by atoms with Crippen LogP contribution in [0, 0.1) is 0 Å². The van der Waals surface area contributed by atoms with Crippen molar-refractivity contribution in [2.75, 3.05) is 26.0 Å². The van der Waals surface area contributed by atoms with Crippen molar-refractivity contribution < 1.29 is 22.7 Å². The highest BCUT2D eigenvalue weighted by atomic mass is 32.2. The fourth-order valence-electron chi connectivity index (χ4n) is 1.49. The Morgan fingerprint density at radius 2 is 2.31 bits per heavy atom. The van der Waals surface area contributed by atoms with Gasteiger partial charge in [-0.25, -0.2) is 13.1 Å². The van der Waals surface area contributed by atoms with Crippen molar-refractivity contribution in [1.29, 1.82) is 0 Å². The maximum absolute atomic E-state index is 11.5. The molecule has 1 N–H and O–H groups in total. The number of carbonyl (C=O) groups excluding carboxylic acids is 1. The summed E-state index contributed by atoms with van der Waals surface area (Å²) in [5, 5.41) is 0. The van der Waals surface area contributed by atoms with E-state index in [4.69, 9.17) is 4.74 Å². The van der Waals surface area contributed by atoms with Crippen LogP contribution in [-0.4, -0.2) is 46.5 Å². The van der Waals surface area contributed by atoms with Crippen molar-refractivity contribution in [1.82, 2.24) is 4.72 Å². The molecule has 1 aliphatic heterocycles. The molecule has 0 bridgehead atoms. The predicted octanol–water partition coefficient (Wildman–Crippen LogP) is -0.352. The van der Waals surface area contributed by atoms with E-state index in [0.29, 0.717) is 6.61 Å². The minimum Gasteiger partial charge on any atom is -0.469 e. The molecule has 94 valence electrons. The molecule has 1 unspecified atom stereocenters. The van der Waals surface area contributed by atoms with Crippen molar-refractivity contribution in [3.63, 3.8) is 0 Å². The van der Waals surface area contributed by atoms with E-state index in [2.05, 4.69) is 9.46 Å². The molecule has 0 amide bonds. The first-order valence-electron chi connectivity index (χ1n) is 5.19. The molecule has 1 aliphatic rings. The van der Waals surface area contributed by atoms with Crippen LogP contribution in [0.2, 0.25) is 0 Å². The highest BCUT2D eigenvalue weighted by Gasteiger charge is 2.22. The van der Waals surface area contributed by atoms with Crippen LogP contribution in [0.3, 0.4) is 0 Å². The number of methoxy groups -OCH3 is 1. The Labute approximate surface area is 95.4 Å². The van der Waals surface area contributed by atoms with Gasteiger partial charge in [-0.15, -0.1) is 0 Å². The molecule has 1 atom stereocenters. The molecule has 1 rings (SSSR count). The molecule has 0 saturated carbocycles. The van der Waals surface area contributed by atoms with Gasteiger partial charge in [0, 0.05) is 13.2 Å². The minimum atomic E-state index is -3.35. The second-order valence-electron chi connectivity index (χ2n) is 3.64. The summed E-state index contributed by atoms with van der Waals surface area (Å²) < 4.78 is 35.0. The second-order valence-corrected chi connectivity index (χ2v) is 5.49. The van der Waals surface area contributed by atoms with Gasteiger partial charge in [0.05, 0.1) is 25.4 Å². The lowest BCUT2D eigenvalue weighted by Gasteiger charge is -2.10. The first-order chi connectivity index (χ1) is 7.53. The summed E-state index contributed by atoms with van der Waals surface area (Å²) in [5.41, 5.74) is 0. The van der Waals surface area contributed by atoms with E-state index >= 15 is 0 Å². The average Bonchev–Trinajstić information content (AvgIpc) is 2.69. The van der Waals surface area contributed by atoms with E-state index in [1.165, 1.54) is 7.11 Å². The fourth-order valence-corrected chi connectivity index (χ4v) is 2.77. The molecule has 16 heavy (non-hydrogen) atoms. The van der Waals surface area contributed by atoms with Gasteiger partial charge in [-0.3, -0.25) is 4.79 Å². The number of hydrogen-bond acceptors (Lipinski definition) is 5. The van der Waals surface area contributed by atoms with Gasteiger partial charge >= 0.3 is 5.97 Å². The number of esters is 1. The highest BCUT2D eigenvalue weighted by molar-refractivity contribution is 7.89. The third-order valence-corrected chi connectivity index (χ3v) is 3.76. The van der Waals surface area contributed by atoms with E-state index in [9.17, 15) is 13.2 Å². The SMILES string of the molecule is COC(=O)CCNS(=O)(=O)CC1CCCO1. The Morgan fingerprint density at radius 3 is 2.88 bits per heavy atom. The number of sulfonamides is 1. The zero-order valence-corrected chi connectivity index (χ0v) is 10.1. The van der Waals surface area contributed by atoms with Crippen LogP contribution >= 0.6 is 0 Å². The Morgan fingerprint density at radius 1 is 1.56 bits per heavy atom. The van der Waals surface area contributed by atoms with Crippen LogP contribution in [0.4, 0.5) is 0 Å². The summed E-state index contributed by atoms with van der Waals surface area (Å²) >= 11 is 0. The monoisotopic (exact) mass is 251 g/mol. The second kappa shape index (κ2) is 6.17. The Kier molecular flexibility index (Phi) is 5.17. The highest BCUT2D eigenvalue weighted by Crippen LogP contribution is 2.13. The lowest BCUT2D eigenvalue weighted by molar-refractivity contribution is -0.140. The first kappa shape index (κ1) is 13.4. The normalized spacial score (nSPS) is 20.9. The molecule has 0 aromatic rings. The molecule has 7 heteroatoms. The molecular weight excluding hydrogens is 234 g/mol. The van der Waals surface area contributed by atoms with Crippen molar-refractivity contribution >= 4 is 16.0 Å². The number of nitrogens with one attached hydrogen (secondary N) is 1. The van der Waals surface area contributed by atoms with Crippen molar-refractivity contribution in [2.45, 2.75) is 25.4 Å². The molecule has 0 aromatic carbocycles. The first-order valence-corrected chi connectivity index (χ1v) is 6.84. The lowest BCUT2D eigenvalue weighted by Crippen LogP contribution is -2.33. The van der Waals surface area contributed by atoms with E-state index in [1.54, 1.807) is 0 Å². The van der Waals surface area contributed by atoms with E-state index in [-0.39, 0.29) is 24.8 Å². The molecule has 1 fully saturated rings. The van der Waals surface area contributed by atoms with Crippen LogP contribution in [0.15, 0.2) is 0 Å². The number of carbonyl (C=O) groups is 1. The molecule has 0 aliphatic carbocycles. The van der Waals surface area contributed by atoms with E-state index in [1.807, 2.05) is 0 Å². The van der Waals surface area contributed by atoms with Crippen molar-refractivity contribution in [3.05, 3.63) is 0 Å². The third kappa shape index (κ3) is 4.91. The molecule has 0 spiro atoms. The van der Waals surface area contributed by atoms with Crippen LogP contribution in [0.1, 0.15) is 19.3 Å². The zero-order valence-electron chi connectivity index (χ0n) is 9.27. The van der Waals surface area contributed by atoms with Crippen LogP contribution in [-0.2, 0) is 24.3 Å². The quantitative estimate of drug-likeness (QED) is 0.652. The Hall–Kier alpha value is -0.660. The summed E-state index contributed by atoms with van der Waals surface area (Å²) in [7, 11) is -2.08. The summed E-state index contributed by atoms with van der Waals surface area (Å²) in [6.45, 7) is 0.698. The summed E-state index contributed by atoms with van der Waals surface area (Å²) in [6, 6.07) is 0. The van der Waals surface area contributed by atoms with Crippen LogP contribution in [0.5, 0.6) is 0 Å². The van der Waals surface area contributed by atoms with Gasteiger partial charge in [-0.2, -0.15) is 0 Å². The van der Waals surface area contributed by atoms with Crippen LogP contribution in [0.25, 0.3) is 0 Å². The van der Waals surface area contributed by atoms with Gasteiger partial charge in [0.15, 0.2) is 0 Å². The maximum Gasteiger partial charge on any atom is 0.306 e. The molecule has 6 nitrogen and oxygen atoms in total. The standard InChI is InChI=1S/C9H17NO5S/c1-14-9(11)4-5-10-16(12,13)7-8-3-2-6-15-8/h8,10H,2-7H2,1H3. The van der Waals surface area contributed by atoms with Gasteiger partial charge in [0.25, 0.3) is 0 Å². The average molecular weight is 251 g/mol. The minimum absolute atomic E-state index is 0.0336. The van der Waals surface area contributed by atoms with E-state index < -0.39 is 16.0 Å². The molecule has 1 saturated heterocycles. The summed E-state index contributed by atoms with van der Waals surface area (Å²) in [6.07, 6.45) is 1.51. The van der Waals surface area contributed by atoms with Gasteiger partial charge in [-0.05, 0) is 12.8 Å². The molecule has 1 heterocycles. The van der Waals surface area contributed by atoms with Crippen LogP contribution < -0.4 is 4.72 Å². The van der Waals surface area contributed by atoms with Gasteiger partial charge in [-0.1, -0.05) is 0 Å². The summed E-state index contributed by atoms with van der Waals surface area (Å²) in [4.78, 5) is 10.8. The molecule has 0 radical (unpaired) electrons. The lowest BCUT2D eigenvalue weighted by atomic mass is 10.3. The summed E-state index contributed by atoms with van der Waals surface area (Å²) in [5.74, 6) is -0.464. The third-order valence-electron chi connectivity index (χ3n) is 2.31. The number of ether oxygens (including phenoxy) is 2. The van der Waals surface area contributed by atoms with Gasteiger partial charge < -0.3 is 9.47 Å². The van der Waals surface area contributed by atoms with Crippen molar-refractivity contribution in [3.8, 4) is 0 Å². The Balaban J connectivity index is 2.25. The van der Waals surface area contributed by atoms with Gasteiger partial charge in [0.2, 0.25) is 10.0 Å². The predicted molar refractivity (Wildman–Crippen MR) is 57.4 cm³/mol. The maximum atomic E-state index is 11.5. The number of hydrogen-bond donors (Lipinski definition) is 1. The largest absolute Gasteiger partial charge is 0.469 e. The van der Waals surface area contributed by atoms with Crippen molar-refractivity contribution in [2.24, 2.45) is 0 Å². The topological polar surface area (TPSA) is 81.7 Å². The molecular formula is C9H17NO5S. The smallest absolute Gasteiger partial charge is 0.306 e. The molecule has 0 aromatic heterocycles.